The summed E-state index contributed by atoms with van der Waals surface area (Å²) in [5.74, 6) is -2.87. The molecular formula is C12H11ClFNO3S. The van der Waals surface area contributed by atoms with Gasteiger partial charge in [-0.25, -0.2) is 9.18 Å². The average Bonchev–Trinajstić information content (AvgIpc) is 2.85. The first kappa shape index (κ1) is 15.4. The normalized spacial score (nSPS) is 11.7. The summed E-state index contributed by atoms with van der Waals surface area (Å²) in [4.78, 5) is 11.6. The molecule has 0 aliphatic rings. The van der Waals surface area contributed by atoms with Crippen molar-refractivity contribution in [2.75, 3.05) is 0 Å². The quantitative estimate of drug-likeness (QED) is 0.814. The maximum absolute atomic E-state index is 13.4. The number of aromatic hydroxyl groups is 1. The van der Waals surface area contributed by atoms with Crippen LogP contribution in [0.3, 0.4) is 0 Å². The van der Waals surface area contributed by atoms with E-state index in [-0.39, 0.29) is 23.5 Å². The van der Waals surface area contributed by atoms with Gasteiger partial charge in [-0.05, 0) is 23.6 Å². The van der Waals surface area contributed by atoms with Gasteiger partial charge < -0.3 is 15.9 Å². The monoisotopic (exact) mass is 303 g/mol. The molecule has 1 heterocycles. The SMILES string of the molecule is Cl.N[C@@H](c1cccs1)c1cc(C(=O)O)cc(F)c1O. The third-order valence-electron chi connectivity index (χ3n) is 2.52. The lowest BCUT2D eigenvalue weighted by Gasteiger charge is -2.13. The van der Waals surface area contributed by atoms with Gasteiger partial charge in [0.05, 0.1) is 11.6 Å². The van der Waals surface area contributed by atoms with Crippen LogP contribution in [-0.4, -0.2) is 16.2 Å². The predicted molar refractivity (Wildman–Crippen MR) is 72.6 cm³/mol. The van der Waals surface area contributed by atoms with Crippen molar-refractivity contribution in [3.05, 3.63) is 51.5 Å². The van der Waals surface area contributed by atoms with Crippen LogP contribution >= 0.6 is 23.7 Å². The van der Waals surface area contributed by atoms with E-state index in [9.17, 15) is 14.3 Å². The van der Waals surface area contributed by atoms with Crippen molar-refractivity contribution in [1.82, 2.24) is 0 Å². The summed E-state index contributed by atoms with van der Waals surface area (Å²) in [5.41, 5.74) is 5.71. The van der Waals surface area contributed by atoms with Crippen LogP contribution in [-0.2, 0) is 0 Å². The molecule has 2 aromatic rings. The molecule has 0 saturated heterocycles. The van der Waals surface area contributed by atoms with Crippen LogP contribution in [0.1, 0.15) is 26.8 Å². The number of hydrogen-bond donors (Lipinski definition) is 3. The number of carboxylic acids is 1. The molecule has 0 unspecified atom stereocenters. The zero-order chi connectivity index (χ0) is 13.3. The highest BCUT2D eigenvalue weighted by Crippen LogP contribution is 2.32. The van der Waals surface area contributed by atoms with E-state index in [0.29, 0.717) is 4.88 Å². The van der Waals surface area contributed by atoms with E-state index in [4.69, 9.17) is 10.8 Å². The van der Waals surface area contributed by atoms with Gasteiger partial charge in [-0.2, -0.15) is 0 Å². The Hall–Kier alpha value is -1.63. The highest BCUT2D eigenvalue weighted by molar-refractivity contribution is 7.10. The molecule has 0 amide bonds. The molecule has 0 bridgehead atoms. The molecule has 0 saturated carbocycles. The number of halogens is 2. The Kier molecular flexibility index (Phi) is 4.88. The first-order chi connectivity index (χ1) is 8.50. The molecule has 0 spiro atoms. The molecule has 0 radical (unpaired) electrons. The lowest BCUT2D eigenvalue weighted by Crippen LogP contribution is -2.12. The van der Waals surface area contributed by atoms with Crippen LogP contribution in [0.5, 0.6) is 5.75 Å². The van der Waals surface area contributed by atoms with Crippen LogP contribution in [0, 0.1) is 5.82 Å². The molecule has 2 rings (SSSR count). The number of rotatable bonds is 3. The molecule has 0 aliphatic carbocycles. The standard InChI is InChI=1S/C12H10FNO3S.ClH/c13-8-5-6(12(16)17)4-7(11(8)15)10(14)9-2-1-3-18-9;/h1-5,10,15H,14H2,(H,16,17);1H/t10-;/m1./s1. The van der Waals surface area contributed by atoms with E-state index >= 15 is 0 Å². The second-order valence-corrected chi connectivity index (χ2v) is 4.67. The zero-order valence-corrected chi connectivity index (χ0v) is 11.2. The number of aromatic carboxylic acids is 1. The van der Waals surface area contributed by atoms with Crippen molar-refractivity contribution >= 4 is 29.7 Å². The Balaban J connectivity index is 0.00000180. The minimum atomic E-state index is -1.27. The number of nitrogens with two attached hydrogens (primary N) is 1. The van der Waals surface area contributed by atoms with Gasteiger partial charge in [0.1, 0.15) is 0 Å². The van der Waals surface area contributed by atoms with Crippen LogP contribution in [0.25, 0.3) is 0 Å². The van der Waals surface area contributed by atoms with E-state index in [1.165, 1.54) is 17.4 Å². The molecule has 0 aliphatic heterocycles. The van der Waals surface area contributed by atoms with Gasteiger partial charge in [0.2, 0.25) is 0 Å². The van der Waals surface area contributed by atoms with Gasteiger partial charge in [-0.15, -0.1) is 23.7 Å². The number of carbonyl (C=O) groups is 1. The Bertz CT molecular complexity index is 589. The lowest BCUT2D eigenvalue weighted by molar-refractivity contribution is 0.0696. The molecule has 0 fully saturated rings. The first-order valence-electron chi connectivity index (χ1n) is 5.05. The van der Waals surface area contributed by atoms with Gasteiger partial charge in [0, 0.05) is 10.4 Å². The van der Waals surface area contributed by atoms with E-state index in [1.807, 2.05) is 0 Å². The number of phenols is 1. The third-order valence-corrected chi connectivity index (χ3v) is 3.48. The van der Waals surface area contributed by atoms with Crippen LogP contribution in [0.4, 0.5) is 4.39 Å². The van der Waals surface area contributed by atoms with Crippen LogP contribution in [0.2, 0.25) is 0 Å². The van der Waals surface area contributed by atoms with E-state index in [1.54, 1.807) is 17.5 Å². The number of phenolic OH excluding ortho intramolecular Hbond substituents is 1. The largest absolute Gasteiger partial charge is 0.505 e. The summed E-state index contributed by atoms with van der Waals surface area (Å²) in [6, 6.07) is 4.71. The molecular weight excluding hydrogens is 293 g/mol. The Morgan fingerprint density at radius 2 is 2.11 bits per heavy atom. The second-order valence-electron chi connectivity index (χ2n) is 3.69. The fraction of sp³-hybridized carbons (Fsp3) is 0.0833. The highest BCUT2D eigenvalue weighted by atomic mass is 35.5. The summed E-state index contributed by atoms with van der Waals surface area (Å²) < 4.78 is 13.4. The number of benzene rings is 1. The fourth-order valence-electron chi connectivity index (χ4n) is 1.60. The number of thiophene rings is 1. The first-order valence-corrected chi connectivity index (χ1v) is 5.93. The molecule has 19 heavy (non-hydrogen) atoms. The lowest BCUT2D eigenvalue weighted by atomic mass is 10.0. The van der Waals surface area contributed by atoms with Crippen molar-refractivity contribution in [1.29, 1.82) is 0 Å². The number of carboxylic acid groups (broad SMARTS) is 1. The highest BCUT2D eigenvalue weighted by Gasteiger charge is 2.20. The van der Waals surface area contributed by atoms with Crippen LogP contribution < -0.4 is 5.73 Å². The fourth-order valence-corrected chi connectivity index (χ4v) is 2.35. The Labute approximate surface area is 118 Å². The number of hydrogen-bond acceptors (Lipinski definition) is 4. The van der Waals surface area contributed by atoms with Gasteiger partial charge in [0.25, 0.3) is 0 Å². The van der Waals surface area contributed by atoms with Gasteiger partial charge in [-0.3, -0.25) is 0 Å². The van der Waals surface area contributed by atoms with Crippen molar-refractivity contribution in [3.8, 4) is 5.75 Å². The second kappa shape index (κ2) is 6.01. The average molecular weight is 304 g/mol. The summed E-state index contributed by atoms with van der Waals surface area (Å²) in [5, 5.41) is 20.3. The van der Waals surface area contributed by atoms with Crippen molar-refractivity contribution in [2.24, 2.45) is 5.73 Å². The Morgan fingerprint density at radius 3 is 2.63 bits per heavy atom. The molecule has 102 valence electrons. The van der Waals surface area contributed by atoms with Crippen molar-refractivity contribution in [3.63, 3.8) is 0 Å². The van der Waals surface area contributed by atoms with Crippen LogP contribution in [0.15, 0.2) is 29.6 Å². The van der Waals surface area contributed by atoms with E-state index < -0.39 is 23.6 Å². The molecule has 4 N–H and O–H groups in total. The van der Waals surface area contributed by atoms with E-state index in [2.05, 4.69) is 0 Å². The van der Waals surface area contributed by atoms with Gasteiger partial charge >= 0.3 is 5.97 Å². The summed E-state index contributed by atoms with van der Waals surface area (Å²) in [6.07, 6.45) is 0. The maximum atomic E-state index is 13.4. The minimum absolute atomic E-state index is 0. The van der Waals surface area contributed by atoms with Crippen molar-refractivity contribution in [2.45, 2.75) is 6.04 Å². The third kappa shape index (κ3) is 3.04. The molecule has 1 atom stereocenters. The molecule has 7 heteroatoms. The summed E-state index contributed by atoms with van der Waals surface area (Å²) in [6.45, 7) is 0. The molecule has 1 aromatic heterocycles. The summed E-state index contributed by atoms with van der Waals surface area (Å²) >= 11 is 1.35. The van der Waals surface area contributed by atoms with Crippen molar-refractivity contribution < 1.29 is 19.4 Å². The van der Waals surface area contributed by atoms with Gasteiger partial charge in [-0.1, -0.05) is 6.07 Å². The van der Waals surface area contributed by atoms with Gasteiger partial charge in [0.15, 0.2) is 11.6 Å². The topological polar surface area (TPSA) is 83.6 Å². The smallest absolute Gasteiger partial charge is 0.335 e. The molecule has 1 aromatic carbocycles. The predicted octanol–water partition coefficient (Wildman–Crippen LogP) is 2.76. The maximum Gasteiger partial charge on any atom is 0.335 e. The Morgan fingerprint density at radius 1 is 1.42 bits per heavy atom. The van der Waals surface area contributed by atoms with E-state index in [0.717, 1.165) is 6.07 Å². The summed E-state index contributed by atoms with van der Waals surface area (Å²) in [7, 11) is 0. The molecule has 4 nitrogen and oxygen atoms in total. The minimum Gasteiger partial charge on any atom is -0.505 e. The zero-order valence-electron chi connectivity index (χ0n) is 9.54.